The molecule has 0 bridgehead atoms. The van der Waals surface area contributed by atoms with Gasteiger partial charge in [-0.2, -0.15) is 0 Å². The monoisotopic (exact) mass is 193 g/mol. The Balaban J connectivity index is 1.82. The molecule has 2 heterocycles. The van der Waals surface area contributed by atoms with Crippen LogP contribution in [0.25, 0.3) is 0 Å². The van der Waals surface area contributed by atoms with E-state index in [1.165, 1.54) is 5.69 Å². The summed E-state index contributed by atoms with van der Waals surface area (Å²) >= 11 is 0. The van der Waals surface area contributed by atoms with E-state index in [4.69, 9.17) is 10.5 Å². The average molecular weight is 193 g/mol. The van der Waals surface area contributed by atoms with Crippen LogP contribution in [0, 0.1) is 0 Å². The Morgan fingerprint density at radius 2 is 2.43 bits per heavy atom. The van der Waals surface area contributed by atoms with E-state index in [1.54, 1.807) is 0 Å². The van der Waals surface area contributed by atoms with Crippen LogP contribution in [0.15, 0.2) is 6.20 Å². The lowest BCUT2D eigenvalue weighted by Gasteiger charge is -2.05. The van der Waals surface area contributed by atoms with Gasteiger partial charge in [-0.15, -0.1) is 0 Å². The molecule has 14 heavy (non-hydrogen) atoms. The molecular weight excluding hydrogens is 178 g/mol. The standard InChI is InChI=1S/C10H15N3O/c11-10(2-3-10)9-12-5-8(13-9)7-1-4-14-6-7/h5,7H,1-4,6,11H2,(H,12,13). The minimum Gasteiger partial charge on any atom is -0.381 e. The van der Waals surface area contributed by atoms with E-state index < -0.39 is 0 Å². The normalized spacial score (nSPS) is 29.4. The van der Waals surface area contributed by atoms with Crippen molar-refractivity contribution in [3.05, 3.63) is 17.7 Å². The average Bonchev–Trinajstić information content (AvgIpc) is 2.73. The number of hydrogen-bond acceptors (Lipinski definition) is 3. The van der Waals surface area contributed by atoms with E-state index in [0.717, 1.165) is 38.3 Å². The van der Waals surface area contributed by atoms with E-state index in [0.29, 0.717) is 5.92 Å². The van der Waals surface area contributed by atoms with Crippen molar-refractivity contribution >= 4 is 0 Å². The molecule has 1 saturated heterocycles. The molecule has 1 atom stereocenters. The minimum absolute atomic E-state index is 0.141. The first-order chi connectivity index (χ1) is 6.78. The van der Waals surface area contributed by atoms with Crippen LogP contribution in [0.5, 0.6) is 0 Å². The van der Waals surface area contributed by atoms with Crippen molar-refractivity contribution in [2.45, 2.75) is 30.7 Å². The fourth-order valence-corrected chi connectivity index (χ4v) is 1.95. The highest BCUT2D eigenvalue weighted by atomic mass is 16.5. The first-order valence-electron chi connectivity index (χ1n) is 5.20. The molecule has 0 amide bonds. The number of aromatic amines is 1. The van der Waals surface area contributed by atoms with Crippen LogP contribution in [-0.4, -0.2) is 23.2 Å². The van der Waals surface area contributed by atoms with Crippen molar-refractivity contribution in [3.8, 4) is 0 Å². The number of aromatic nitrogens is 2. The molecule has 1 saturated carbocycles. The van der Waals surface area contributed by atoms with Gasteiger partial charge in [0.05, 0.1) is 12.1 Å². The summed E-state index contributed by atoms with van der Waals surface area (Å²) in [4.78, 5) is 7.70. The lowest BCUT2D eigenvalue weighted by Crippen LogP contribution is -2.20. The number of rotatable bonds is 2. The first-order valence-corrected chi connectivity index (χ1v) is 5.20. The van der Waals surface area contributed by atoms with E-state index in [9.17, 15) is 0 Å². The maximum absolute atomic E-state index is 6.05. The van der Waals surface area contributed by atoms with E-state index >= 15 is 0 Å². The Labute approximate surface area is 82.9 Å². The Morgan fingerprint density at radius 3 is 3.07 bits per heavy atom. The van der Waals surface area contributed by atoms with Crippen molar-refractivity contribution in [3.63, 3.8) is 0 Å². The lowest BCUT2D eigenvalue weighted by atomic mass is 10.1. The number of nitrogens with one attached hydrogen (secondary N) is 1. The topological polar surface area (TPSA) is 63.9 Å². The molecule has 4 heteroatoms. The van der Waals surface area contributed by atoms with Gasteiger partial charge in [0.1, 0.15) is 5.82 Å². The van der Waals surface area contributed by atoms with Crippen LogP contribution in [-0.2, 0) is 10.3 Å². The summed E-state index contributed by atoms with van der Waals surface area (Å²) in [6.45, 7) is 1.69. The van der Waals surface area contributed by atoms with Crippen LogP contribution in [0.3, 0.4) is 0 Å². The second-order valence-corrected chi connectivity index (χ2v) is 4.40. The molecule has 0 aromatic carbocycles. The number of ether oxygens (including phenoxy) is 1. The van der Waals surface area contributed by atoms with Gasteiger partial charge in [0.25, 0.3) is 0 Å². The fraction of sp³-hybridized carbons (Fsp3) is 0.700. The number of H-pyrrole nitrogens is 1. The molecule has 2 fully saturated rings. The predicted molar refractivity (Wildman–Crippen MR) is 51.9 cm³/mol. The van der Waals surface area contributed by atoms with Crippen LogP contribution >= 0.6 is 0 Å². The molecule has 1 aromatic rings. The SMILES string of the molecule is NC1(c2ncc(C3CCOC3)[nH]2)CC1. The molecular formula is C10H15N3O. The van der Waals surface area contributed by atoms with Gasteiger partial charge in [-0.05, 0) is 19.3 Å². The summed E-state index contributed by atoms with van der Waals surface area (Å²) in [5.41, 5.74) is 7.10. The summed E-state index contributed by atoms with van der Waals surface area (Å²) < 4.78 is 5.34. The number of imidazole rings is 1. The Kier molecular flexibility index (Phi) is 1.69. The third-order valence-electron chi connectivity index (χ3n) is 3.23. The molecule has 3 N–H and O–H groups in total. The van der Waals surface area contributed by atoms with Crippen LogP contribution < -0.4 is 5.73 Å². The highest BCUT2D eigenvalue weighted by Gasteiger charge is 2.43. The molecule has 0 spiro atoms. The predicted octanol–water partition coefficient (Wildman–Crippen LogP) is 0.861. The summed E-state index contributed by atoms with van der Waals surface area (Å²) in [5.74, 6) is 1.46. The Hall–Kier alpha value is -0.870. The highest BCUT2D eigenvalue weighted by molar-refractivity contribution is 5.19. The van der Waals surface area contributed by atoms with Gasteiger partial charge in [0.2, 0.25) is 0 Å². The second-order valence-electron chi connectivity index (χ2n) is 4.40. The fourth-order valence-electron chi connectivity index (χ4n) is 1.95. The lowest BCUT2D eigenvalue weighted by molar-refractivity contribution is 0.193. The summed E-state index contributed by atoms with van der Waals surface area (Å²) in [6.07, 6.45) is 5.13. The third kappa shape index (κ3) is 1.26. The van der Waals surface area contributed by atoms with Crippen molar-refractivity contribution < 1.29 is 4.74 Å². The second kappa shape index (κ2) is 2.81. The third-order valence-corrected chi connectivity index (χ3v) is 3.23. The Bertz CT molecular complexity index is 337. The zero-order valence-corrected chi connectivity index (χ0v) is 8.12. The molecule has 76 valence electrons. The molecule has 3 rings (SSSR count). The molecule has 0 radical (unpaired) electrons. The van der Waals surface area contributed by atoms with Gasteiger partial charge in [-0.3, -0.25) is 0 Å². The van der Waals surface area contributed by atoms with Crippen molar-refractivity contribution in [1.29, 1.82) is 0 Å². The molecule has 1 aliphatic carbocycles. The largest absolute Gasteiger partial charge is 0.381 e. The molecule has 1 aliphatic heterocycles. The van der Waals surface area contributed by atoms with Gasteiger partial charge in [-0.1, -0.05) is 0 Å². The van der Waals surface area contributed by atoms with E-state index in [-0.39, 0.29) is 5.54 Å². The number of hydrogen-bond donors (Lipinski definition) is 2. The maximum atomic E-state index is 6.05. The zero-order chi connectivity index (χ0) is 9.60. The molecule has 2 aliphatic rings. The van der Waals surface area contributed by atoms with Gasteiger partial charge < -0.3 is 15.5 Å². The van der Waals surface area contributed by atoms with Crippen LogP contribution in [0.1, 0.15) is 36.7 Å². The van der Waals surface area contributed by atoms with Crippen molar-refractivity contribution in [1.82, 2.24) is 9.97 Å². The van der Waals surface area contributed by atoms with Crippen LogP contribution in [0.4, 0.5) is 0 Å². The summed E-state index contributed by atoms with van der Waals surface area (Å²) in [6, 6.07) is 0. The quantitative estimate of drug-likeness (QED) is 0.732. The smallest absolute Gasteiger partial charge is 0.126 e. The van der Waals surface area contributed by atoms with Crippen molar-refractivity contribution in [2.75, 3.05) is 13.2 Å². The number of nitrogens with zero attached hydrogens (tertiary/aromatic N) is 1. The summed E-state index contributed by atoms with van der Waals surface area (Å²) in [7, 11) is 0. The molecule has 1 aromatic heterocycles. The van der Waals surface area contributed by atoms with Gasteiger partial charge in [0.15, 0.2) is 0 Å². The molecule has 4 nitrogen and oxygen atoms in total. The van der Waals surface area contributed by atoms with Gasteiger partial charge in [-0.25, -0.2) is 4.98 Å². The van der Waals surface area contributed by atoms with Crippen LogP contribution in [0.2, 0.25) is 0 Å². The van der Waals surface area contributed by atoms with Crippen molar-refractivity contribution in [2.24, 2.45) is 5.73 Å². The maximum Gasteiger partial charge on any atom is 0.126 e. The Morgan fingerprint density at radius 1 is 1.57 bits per heavy atom. The van der Waals surface area contributed by atoms with Gasteiger partial charge in [0, 0.05) is 24.4 Å². The van der Waals surface area contributed by atoms with Gasteiger partial charge >= 0.3 is 0 Å². The minimum atomic E-state index is -0.141. The van der Waals surface area contributed by atoms with E-state index in [1.807, 2.05) is 6.20 Å². The molecule has 1 unspecified atom stereocenters. The highest BCUT2D eigenvalue weighted by Crippen LogP contribution is 2.41. The van der Waals surface area contributed by atoms with E-state index in [2.05, 4.69) is 9.97 Å². The number of nitrogens with two attached hydrogens (primary N) is 1. The zero-order valence-electron chi connectivity index (χ0n) is 8.12. The summed E-state index contributed by atoms with van der Waals surface area (Å²) in [5, 5.41) is 0. The first kappa shape index (κ1) is 8.44.